The summed E-state index contributed by atoms with van der Waals surface area (Å²) >= 11 is 0. The number of aliphatic hydroxyl groups is 4. The lowest BCUT2D eigenvalue weighted by Crippen LogP contribution is -2.68. The van der Waals surface area contributed by atoms with E-state index in [0.717, 1.165) is 35.1 Å². The fourth-order valence-corrected chi connectivity index (χ4v) is 5.38. The quantitative estimate of drug-likeness (QED) is 0.491. The Balaban J connectivity index is 2.41. The predicted molar refractivity (Wildman–Crippen MR) is 116 cm³/mol. The third-order valence-corrected chi connectivity index (χ3v) is 6.76. The van der Waals surface area contributed by atoms with Crippen LogP contribution in [-0.4, -0.2) is 44.8 Å². The number of hydrogen-bond acceptors (Lipinski definition) is 4. The molecule has 3 rings (SSSR count). The van der Waals surface area contributed by atoms with Crippen LogP contribution in [-0.2, 0) is 5.41 Å². The molecule has 2 unspecified atom stereocenters. The van der Waals surface area contributed by atoms with Gasteiger partial charge in [-0.3, -0.25) is 0 Å². The predicted octanol–water partition coefficient (Wildman–Crippen LogP) is 3.78. The maximum Gasteiger partial charge on any atom is 0.104 e. The summed E-state index contributed by atoms with van der Waals surface area (Å²) in [7, 11) is 0. The van der Waals surface area contributed by atoms with Gasteiger partial charge in [0.1, 0.15) is 11.2 Å². The molecule has 1 aliphatic rings. The molecule has 0 saturated carbocycles. The van der Waals surface area contributed by atoms with E-state index in [2.05, 4.69) is 0 Å². The van der Waals surface area contributed by atoms with Gasteiger partial charge >= 0.3 is 0 Å². The highest BCUT2D eigenvalue weighted by Crippen LogP contribution is 2.61. The van der Waals surface area contributed by atoms with Gasteiger partial charge in [0.05, 0.1) is 18.6 Å². The monoisotopic (exact) mass is 398 g/mol. The Morgan fingerprint density at radius 1 is 0.690 bits per heavy atom. The first kappa shape index (κ1) is 22.0. The van der Waals surface area contributed by atoms with Gasteiger partial charge in [-0.2, -0.15) is 0 Å². The van der Waals surface area contributed by atoms with Crippen molar-refractivity contribution in [3.05, 3.63) is 59.7 Å². The third kappa shape index (κ3) is 3.14. The number of unbranched alkanes of at least 4 members (excludes halogenated alkanes) is 2. The van der Waals surface area contributed by atoms with Crippen LogP contribution in [0.15, 0.2) is 48.5 Å². The van der Waals surface area contributed by atoms with Crippen LogP contribution in [0.5, 0.6) is 0 Å². The van der Waals surface area contributed by atoms with E-state index in [1.807, 2.05) is 62.4 Å². The van der Waals surface area contributed by atoms with Crippen LogP contribution in [0.25, 0.3) is 11.1 Å². The van der Waals surface area contributed by atoms with E-state index in [4.69, 9.17) is 0 Å². The van der Waals surface area contributed by atoms with E-state index < -0.39 is 29.8 Å². The van der Waals surface area contributed by atoms with Gasteiger partial charge < -0.3 is 20.4 Å². The first-order chi connectivity index (χ1) is 14.0. The highest BCUT2D eigenvalue weighted by molar-refractivity contribution is 5.83. The van der Waals surface area contributed by atoms with Crippen molar-refractivity contribution in [2.24, 2.45) is 0 Å². The maximum atomic E-state index is 12.0. The molecule has 0 radical (unpaired) electrons. The van der Waals surface area contributed by atoms with Gasteiger partial charge in [0, 0.05) is 0 Å². The molecule has 29 heavy (non-hydrogen) atoms. The van der Waals surface area contributed by atoms with Crippen LogP contribution >= 0.6 is 0 Å². The average molecular weight is 399 g/mol. The molecule has 0 fully saturated rings. The van der Waals surface area contributed by atoms with E-state index in [1.54, 1.807) is 0 Å². The second kappa shape index (κ2) is 8.57. The van der Waals surface area contributed by atoms with E-state index in [9.17, 15) is 20.4 Å². The molecule has 4 N–H and O–H groups in total. The maximum absolute atomic E-state index is 12.0. The summed E-state index contributed by atoms with van der Waals surface area (Å²) in [5.41, 5.74) is -1.11. The molecule has 4 heteroatoms. The minimum atomic E-state index is -1.61. The smallest absolute Gasteiger partial charge is 0.104 e. The minimum Gasteiger partial charge on any atom is -0.393 e. The normalized spacial score (nSPS) is 18.6. The van der Waals surface area contributed by atoms with Crippen molar-refractivity contribution in [2.75, 3.05) is 13.2 Å². The Labute approximate surface area is 173 Å². The topological polar surface area (TPSA) is 80.9 Å². The Morgan fingerprint density at radius 2 is 1.07 bits per heavy atom. The molecule has 158 valence electrons. The Kier molecular flexibility index (Phi) is 6.49. The van der Waals surface area contributed by atoms with Crippen LogP contribution in [0, 0.1) is 0 Å². The zero-order valence-electron chi connectivity index (χ0n) is 17.6. The number of hydrogen-bond donors (Lipinski definition) is 4. The first-order valence-corrected chi connectivity index (χ1v) is 10.8. The molecule has 0 aromatic heterocycles. The Bertz CT molecular complexity index is 764. The van der Waals surface area contributed by atoms with E-state index in [1.165, 1.54) is 0 Å². The van der Waals surface area contributed by atoms with Crippen molar-refractivity contribution in [1.29, 1.82) is 0 Å². The number of rotatable bonds is 10. The summed E-state index contributed by atoms with van der Waals surface area (Å²) in [5, 5.41) is 45.1. The van der Waals surface area contributed by atoms with Gasteiger partial charge in [-0.05, 0) is 35.1 Å². The van der Waals surface area contributed by atoms with Crippen molar-refractivity contribution in [3.8, 4) is 11.1 Å². The molecule has 4 nitrogen and oxygen atoms in total. The van der Waals surface area contributed by atoms with Crippen LogP contribution in [0.1, 0.15) is 63.5 Å². The van der Waals surface area contributed by atoms with Gasteiger partial charge in [-0.25, -0.2) is 0 Å². The zero-order chi connectivity index (χ0) is 21.1. The zero-order valence-corrected chi connectivity index (χ0v) is 17.6. The van der Waals surface area contributed by atoms with Crippen molar-refractivity contribution in [3.63, 3.8) is 0 Å². The van der Waals surface area contributed by atoms with Gasteiger partial charge in [0.15, 0.2) is 0 Å². The van der Waals surface area contributed by atoms with Gasteiger partial charge in [0.25, 0.3) is 0 Å². The van der Waals surface area contributed by atoms with E-state index in [-0.39, 0.29) is 0 Å². The molecular weight excluding hydrogens is 364 g/mol. The highest BCUT2D eigenvalue weighted by atomic mass is 16.4. The summed E-state index contributed by atoms with van der Waals surface area (Å²) in [6.07, 6.45) is 3.79. The van der Waals surface area contributed by atoms with Gasteiger partial charge in [-0.15, -0.1) is 0 Å². The van der Waals surface area contributed by atoms with E-state index >= 15 is 0 Å². The Hall–Kier alpha value is -1.72. The summed E-state index contributed by atoms with van der Waals surface area (Å²) < 4.78 is 0. The molecule has 0 bridgehead atoms. The largest absolute Gasteiger partial charge is 0.393 e. The van der Waals surface area contributed by atoms with Crippen molar-refractivity contribution < 1.29 is 20.4 Å². The van der Waals surface area contributed by atoms with Gasteiger partial charge in [0.2, 0.25) is 0 Å². The van der Waals surface area contributed by atoms with Crippen LogP contribution in [0.4, 0.5) is 0 Å². The minimum absolute atomic E-state index is 0.330. The second-order valence-corrected chi connectivity index (χ2v) is 8.43. The summed E-state index contributed by atoms with van der Waals surface area (Å²) in [4.78, 5) is 0. The molecule has 2 aromatic rings. The van der Waals surface area contributed by atoms with Crippen LogP contribution < -0.4 is 0 Å². The molecule has 0 saturated heterocycles. The molecule has 0 aliphatic heterocycles. The second-order valence-electron chi connectivity index (χ2n) is 8.43. The molecule has 0 heterocycles. The van der Waals surface area contributed by atoms with Crippen molar-refractivity contribution >= 4 is 0 Å². The molecular formula is C25H34O4. The molecule has 2 aromatic carbocycles. The fraction of sp³-hybridized carbons (Fsp3) is 0.520. The van der Waals surface area contributed by atoms with Crippen LogP contribution in [0.2, 0.25) is 0 Å². The third-order valence-electron chi connectivity index (χ3n) is 6.76. The summed E-state index contributed by atoms with van der Waals surface area (Å²) in [6.45, 7) is 3.08. The van der Waals surface area contributed by atoms with Crippen LogP contribution in [0.3, 0.4) is 0 Å². The van der Waals surface area contributed by atoms with E-state index in [0.29, 0.717) is 25.7 Å². The average Bonchev–Trinajstić information content (AvgIpc) is 3.08. The Morgan fingerprint density at radius 3 is 1.41 bits per heavy atom. The lowest BCUT2D eigenvalue weighted by molar-refractivity contribution is -0.171. The van der Waals surface area contributed by atoms with Crippen molar-refractivity contribution in [1.82, 2.24) is 0 Å². The molecule has 0 amide bonds. The van der Waals surface area contributed by atoms with Gasteiger partial charge in [-0.1, -0.05) is 88.1 Å². The van der Waals surface area contributed by atoms with Crippen molar-refractivity contribution in [2.45, 2.75) is 69.0 Å². The fourth-order valence-electron chi connectivity index (χ4n) is 5.38. The standard InChI is InChI=1S/C25H34O4/c1-3-5-15-23(28,17-26)25(24(29,18-27)16-6-4-2)21-13-9-7-11-19(21)20-12-8-10-14-22(20)25/h7-14,26-29H,3-6,15-18H2,1-2H3. The molecule has 0 spiro atoms. The summed E-state index contributed by atoms with van der Waals surface area (Å²) in [5.74, 6) is 0. The highest BCUT2D eigenvalue weighted by Gasteiger charge is 2.66. The lowest BCUT2D eigenvalue weighted by atomic mass is 9.54. The number of aliphatic hydroxyl groups excluding tert-OH is 2. The summed E-state index contributed by atoms with van der Waals surface area (Å²) in [6, 6.07) is 15.5. The molecule has 1 aliphatic carbocycles. The number of fused-ring (bicyclic) bond motifs is 3. The number of benzene rings is 2. The SMILES string of the molecule is CCCCC(O)(CO)C1(C(O)(CO)CCCC)c2ccccc2-c2ccccc21. The molecule has 2 atom stereocenters. The first-order valence-electron chi connectivity index (χ1n) is 10.8. The lowest BCUT2D eigenvalue weighted by Gasteiger charge is -2.54.